The van der Waals surface area contributed by atoms with Gasteiger partial charge in [0.1, 0.15) is 0 Å². The van der Waals surface area contributed by atoms with E-state index in [0.29, 0.717) is 5.56 Å². The maximum absolute atomic E-state index is 11.3. The van der Waals surface area contributed by atoms with Crippen molar-refractivity contribution in [1.82, 2.24) is 0 Å². The first kappa shape index (κ1) is 9.78. The van der Waals surface area contributed by atoms with Crippen LogP contribution in [-0.4, -0.2) is 13.1 Å². The minimum absolute atomic E-state index is 0.277. The van der Waals surface area contributed by atoms with E-state index in [-0.39, 0.29) is 5.97 Å². The molecule has 0 aliphatic carbocycles. The fourth-order valence-corrected chi connectivity index (χ4v) is 1.19. The minimum atomic E-state index is -0.277. The zero-order valence-electron chi connectivity index (χ0n) is 7.91. The van der Waals surface area contributed by atoms with E-state index < -0.39 is 0 Å². The van der Waals surface area contributed by atoms with Crippen molar-refractivity contribution < 1.29 is 9.53 Å². The van der Waals surface area contributed by atoms with E-state index in [1.54, 1.807) is 6.07 Å². The largest absolute Gasteiger partial charge is 0.465 e. The topological polar surface area (TPSA) is 26.3 Å². The molecule has 0 saturated carbocycles. The number of carbonyl (C=O) groups is 1. The van der Waals surface area contributed by atoms with E-state index in [4.69, 9.17) is 0 Å². The molecule has 13 heavy (non-hydrogen) atoms. The number of methoxy groups -OCH3 is 1. The van der Waals surface area contributed by atoms with Gasteiger partial charge in [0.25, 0.3) is 0 Å². The Morgan fingerprint density at radius 3 is 2.77 bits per heavy atom. The third kappa shape index (κ3) is 2.31. The van der Waals surface area contributed by atoms with Crippen LogP contribution < -0.4 is 0 Å². The zero-order valence-corrected chi connectivity index (χ0v) is 7.91. The molecular formula is C11H13O2. The molecule has 0 spiro atoms. The van der Waals surface area contributed by atoms with Crippen molar-refractivity contribution >= 4 is 5.97 Å². The first-order valence-corrected chi connectivity index (χ1v) is 4.30. The van der Waals surface area contributed by atoms with Crippen LogP contribution in [0.2, 0.25) is 0 Å². The molecule has 0 aliphatic heterocycles. The summed E-state index contributed by atoms with van der Waals surface area (Å²) >= 11 is 0. The molecule has 0 amide bonds. The lowest BCUT2D eigenvalue weighted by Crippen LogP contribution is -2.04. The fourth-order valence-electron chi connectivity index (χ4n) is 1.19. The predicted octanol–water partition coefficient (Wildman–Crippen LogP) is 2.44. The molecule has 1 rings (SSSR count). The number of hydrogen-bond acceptors (Lipinski definition) is 2. The molecule has 0 aromatic heterocycles. The molecule has 0 unspecified atom stereocenters. The second kappa shape index (κ2) is 4.65. The first-order valence-electron chi connectivity index (χ1n) is 4.30. The first-order chi connectivity index (χ1) is 6.29. The van der Waals surface area contributed by atoms with Crippen molar-refractivity contribution in [3.8, 4) is 0 Å². The molecule has 1 aromatic rings. The molecule has 0 bridgehead atoms. The Morgan fingerprint density at radius 1 is 1.46 bits per heavy atom. The summed E-state index contributed by atoms with van der Waals surface area (Å²) in [6.45, 7) is 2.04. The highest BCUT2D eigenvalue weighted by Crippen LogP contribution is 2.13. The predicted molar refractivity (Wildman–Crippen MR) is 51.5 cm³/mol. The molecular weight excluding hydrogens is 164 g/mol. The molecule has 69 valence electrons. The summed E-state index contributed by atoms with van der Waals surface area (Å²) in [5.41, 5.74) is 1.57. The van der Waals surface area contributed by atoms with E-state index in [2.05, 4.69) is 4.74 Å². The molecule has 1 radical (unpaired) electrons. The van der Waals surface area contributed by atoms with Crippen LogP contribution >= 0.6 is 0 Å². The lowest BCUT2D eigenvalue weighted by atomic mass is 10.0. The summed E-state index contributed by atoms with van der Waals surface area (Å²) in [6, 6.07) is 7.43. The Kier molecular flexibility index (Phi) is 3.50. The van der Waals surface area contributed by atoms with Crippen LogP contribution in [-0.2, 0) is 4.74 Å². The van der Waals surface area contributed by atoms with Crippen LogP contribution in [0.5, 0.6) is 0 Å². The van der Waals surface area contributed by atoms with Gasteiger partial charge >= 0.3 is 5.97 Å². The van der Waals surface area contributed by atoms with Crippen molar-refractivity contribution in [2.75, 3.05) is 7.11 Å². The molecule has 2 heteroatoms. The van der Waals surface area contributed by atoms with Crippen molar-refractivity contribution in [2.24, 2.45) is 0 Å². The normalized spacial score (nSPS) is 9.69. The third-order valence-corrected chi connectivity index (χ3v) is 1.79. The maximum atomic E-state index is 11.3. The van der Waals surface area contributed by atoms with Gasteiger partial charge in [0.15, 0.2) is 0 Å². The van der Waals surface area contributed by atoms with Gasteiger partial charge in [-0.05, 0) is 24.5 Å². The highest BCUT2D eigenvalue weighted by atomic mass is 16.5. The van der Waals surface area contributed by atoms with Crippen molar-refractivity contribution in [3.63, 3.8) is 0 Å². The van der Waals surface area contributed by atoms with Gasteiger partial charge in [-0.1, -0.05) is 25.1 Å². The van der Waals surface area contributed by atoms with E-state index in [1.807, 2.05) is 31.5 Å². The molecule has 0 N–H and O–H groups in total. The van der Waals surface area contributed by atoms with Crippen LogP contribution in [0.1, 0.15) is 29.3 Å². The van der Waals surface area contributed by atoms with Crippen molar-refractivity contribution in [2.45, 2.75) is 13.3 Å². The summed E-state index contributed by atoms with van der Waals surface area (Å²) in [5, 5.41) is 0. The molecule has 0 aliphatic rings. The van der Waals surface area contributed by atoms with Crippen LogP contribution in [0.4, 0.5) is 0 Å². The SMILES string of the molecule is CC[CH]c1ccccc1C(=O)OC. The maximum Gasteiger partial charge on any atom is 0.338 e. The Morgan fingerprint density at radius 2 is 2.15 bits per heavy atom. The Labute approximate surface area is 78.5 Å². The average Bonchev–Trinajstić information content (AvgIpc) is 2.18. The Balaban J connectivity index is 2.97. The van der Waals surface area contributed by atoms with Crippen molar-refractivity contribution in [3.05, 3.63) is 41.8 Å². The van der Waals surface area contributed by atoms with Crippen LogP contribution in [0.3, 0.4) is 0 Å². The van der Waals surface area contributed by atoms with Crippen LogP contribution in [0.15, 0.2) is 24.3 Å². The monoisotopic (exact) mass is 177 g/mol. The van der Waals surface area contributed by atoms with Gasteiger partial charge in [-0.3, -0.25) is 0 Å². The zero-order chi connectivity index (χ0) is 9.68. The fraction of sp³-hybridized carbons (Fsp3) is 0.273. The van der Waals surface area contributed by atoms with Gasteiger partial charge < -0.3 is 4.74 Å². The molecule has 0 saturated heterocycles. The molecule has 0 fully saturated rings. The summed E-state index contributed by atoms with van der Waals surface area (Å²) in [5.74, 6) is -0.277. The third-order valence-electron chi connectivity index (χ3n) is 1.79. The standard InChI is InChI=1S/C11H13O2/c1-3-6-9-7-4-5-8-10(9)11(12)13-2/h4-8H,3H2,1-2H3. The van der Waals surface area contributed by atoms with Gasteiger partial charge in [-0.25, -0.2) is 4.79 Å². The highest BCUT2D eigenvalue weighted by molar-refractivity contribution is 5.91. The second-order valence-electron chi connectivity index (χ2n) is 2.69. The minimum Gasteiger partial charge on any atom is -0.465 e. The van der Waals surface area contributed by atoms with Gasteiger partial charge in [0.05, 0.1) is 12.7 Å². The number of ether oxygens (including phenoxy) is 1. The smallest absolute Gasteiger partial charge is 0.338 e. The molecule has 1 aromatic carbocycles. The Bertz CT molecular complexity index is 292. The van der Waals surface area contributed by atoms with E-state index in [9.17, 15) is 4.79 Å². The number of carbonyl (C=O) groups excluding carboxylic acids is 1. The number of hydrogen-bond donors (Lipinski definition) is 0. The van der Waals surface area contributed by atoms with E-state index in [0.717, 1.165) is 12.0 Å². The molecule has 0 atom stereocenters. The van der Waals surface area contributed by atoms with Gasteiger partial charge in [0, 0.05) is 0 Å². The van der Waals surface area contributed by atoms with Crippen molar-refractivity contribution in [1.29, 1.82) is 0 Å². The van der Waals surface area contributed by atoms with Gasteiger partial charge in [-0.15, -0.1) is 0 Å². The number of rotatable bonds is 3. The summed E-state index contributed by atoms with van der Waals surface area (Å²) in [4.78, 5) is 11.3. The number of esters is 1. The quantitative estimate of drug-likeness (QED) is 0.663. The summed E-state index contributed by atoms with van der Waals surface area (Å²) < 4.78 is 4.66. The van der Waals surface area contributed by atoms with Gasteiger partial charge in [-0.2, -0.15) is 0 Å². The lowest BCUT2D eigenvalue weighted by Gasteiger charge is -2.05. The molecule has 0 heterocycles. The average molecular weight is 177 g/mol. The number of benzene rings is 1. The van der Waals surface area contributed by atoms with E-state index in [1.165, 1.54) is 7.11 Å². The van der Waals surface area contributed by atoms with Crippen LogP contribution in [0.25, 0.3) is 0 Å². The second-order valence-corrected chi connectivity index (χ2v) is 2.69. The van der Waals surface area contributed by atoms with Crippen LogP contribution in [0, 0.1) is 6.42 Å². The summed E-state index contributed by atoms with van der Waals surface area (Å²) in [6.07, 6.45) is 2.92. The summed E-state index contributed by atoms with van der Waals surface area (Å²) in [7, 11) is 1.39. The Hall–Kier alpha value is -1.31. The molecule has 2 nitrogen and oxygen atoms in total. The van der Waals surface area contributed by atoms with E-state index >= 15 is 0 Å². The van der Waals surface area contributed by atoms with Gasteiger partial charge in [0.2, 0.25) is 0 Å². The highest BCUT2D eigenvalue weighted by Gasteiger charge is 2.09. The lowest BCUT2D eigenvalue weighted by molar-refractivity contribution is 0.0600.